The van der Waals surface area contributed by atoms with Gasteiger partial charge in [0.1, 0.15) is 0 Å². The molecule has 1 unspecified atom stereocenters. The van der Waals surface area contributed by atoms with Crippen LogP contribution in [0, 0.1) is 5.92 Å². The largest absolute Gasteiger partial charge is 0.0939 e. The Labute approximate surface area is 101 Å². The molecule has 82 valence electrons. The first-order chi connectivity index (χ1) is 7.69. The molecule has 0 radical (unpaired) electrons. The van der Waals surface area contributed by atoms with Gasteiger partial charge in [-0.15, -0.1) is 0 Å². The summed E-state index contributed by atoms with van der Waals surface area (Å²) in [5, 5.41) is 0. The van der Waals surface area contributed by atoms with Crippen molar-refractivity contribution >= 4 is 11.8 Å². The zero-order valence-corrected chi connectivity index (χ0v) is 10.6. The summed E-state index contributed by atoms with van der Waals surface area (Å²) in [6.45, 7) is 4.76. The molecule has 0 fully saturated rings. The summed E-state index contributed by atoms with van der Waals surface area (Å²) in [6.07, 6.45) is 7.96. The first kappa shape index (κ1) is 10.2. The van der Waals surface area contributed by atoms with Crippen LogP contribution in [-0.2, 0) is 5.41 Å². The highest BCUT2D eigenvalue weighted by molar-refractivity contribution is 8.03. The Morgan fingerprint density at radius 3 is 2.94 bits per heavy atom. The summed E-state index contributed by atoms with van der Waals surface area (Å²) in [5.41, 5.74) is 1.77. The van der Waals surface area contributed by atoms with E-state index in [0.717, 1.165) is 0 Å². The quantitative estimate of drug-likeness (QED) is 0.628. The average molecular weight is 228 g/mol. The van der Waals surface area contributed by atoms with Gasteiger partial charge in [0.15, 0.2) is 0 Å². The number of thioether (sulfide) groups is 1. The Morgan fingerprint density at radius 1 is 1.25 bits per heavy atom. The standard InChI is InChI=1S/C15H16S/c1-15(2)11-7-3-5-9-13(11)16-14-10-6-4-8-12(14)15/h3-7,9-10,12H,8H2,1-2H3. The molecule has 0 aromatic heterocycles. The lowest BCUT2D eigenvalue weighted by Crippen LogP contribution is -2.33. The molecule has 0 saturated carbocycles. The lowest BCUT2D eigenvalue weighted by molar-refractivity contribution is 0.366. The summed E-state index contributed by atoms with van der Waals surface area (Å²) in [7, 11) is 0. The number of rotatable bonds is 0. The van der Waals surface area contributed by atoms with E-state index < -0.39 is 0 Å². The minimum absolute atomic E-state index is 0.262. The molecule has 0 spiro atoms. The molecular weight excluding hydrogens is 212 g/mol. The zero-order chi connectivity index (χ0) is 11.2. The van der Waals surface area contributed by atoms with Crippen LogP contribution < -0.4 is 0 Å². The topological polar surface area (TPSA) is 0 Å². The number of hydrogen-bond donors (Lipinski definition) is 0. The number of benzene rings is 1. The first-order valence-electron chi connectivity index (χ1n) is 5.83. The van der Waals surface area contributed by atoms with E-state index in [0.29, 0.717) is 5.92 Å². The monoisotopic (exact) mass is 228 g/mol. The maximum Gasteiger partial charge on any atom is 0.0156 e. The molecule has 1 aliphatic carbocycles. The second-order valence-electron chi connectivity index (χ2n) is 5.11. The number of hydrogen-bond acceptors (Lipinski definition) is 1. The van der Waals surface area contributed by atoms with Crippen molar-refractivity contribution in [3.63, 3.8) is 0 Å². The summed E-state index contributed by atoms with van der Waals surface area (Å²) in [5.74, 6) is 0.664. The maximum atomic E-state index is 2.38. The highest BCUT2D eigenvalue weighted by atomic mass is 32.2. The molecule has 16 heavy (non-hydrogen) atoms. The predicted octanol–water partition coefficient (Wildman–Crippen LogP) is 4.53. The van der Waals surface area contributed by atoms with E-state index in [1.807, 2.05) is 11.8 Å². The van der Waals surface area contributed by atoms with Crippen LogP contribution in [0.2, 0.25) is 0 Å². The van der Waals surface area contributed by atoms with Crippen molar-refractivity contribution in [3.8, 4) is 0 Å². The third-order valence-electron chi connectivity index (χ3n) is 3.79. The molecule has 0 nitrogen and oxygen atoms in total. The van der Waals surface area contributed by atoms with Gasteiger partial charge in [0, 0.05) is 10.8 Å². The van der Waals surface area contributed by atoms with Crippen molar-refractivity contribution in [2.75, 3.05) is 0 Å². The molecule has 1 aromatic rings. The van der Waals surface area contributed by atoms with Crippen LogP contribution in [-0.4, -0.2) is 0 Å². The van der Waals surface area contributed by atoms with Gasteiger partial charge < -0.3 is 0 Å². The number of allylic oxidation sites excluding steroid dienone is 4. The van der Waals surface area contributed by atoms with Crippen molar-refractivity contribution < 1.29 is 0 Å². The first-order valence-corrected chi connectivity index (χ1v) is 6.65. The van der Waals surface area contributed by atoms with Gasteiger partial charge in [0.25, 0.3) is 0 Å². The average Bonchev–Trinajstić information content (AvgIpc) is 2.29. The second kappa shape index (κ2) is 3.53. The van der Waals surface area contributed by atoms with Crippen molar-refractivity contribution in [2.45, 2.75) is 30.6 Å². The smallest absolute Gasteiger partial charge is 0.0156 e. The fourth-order valence-electron chi connectivity index (χ4n) is 2.77. The van der Waals surface area contributed by atoms with Gasteiger partial charge in [-0.2, -0.15) is 0 Å². The molecule has 1 heteroatoms. The van der Waals surface area contributed by atoms with Crippen molar-refractivity contribution in [2.24, 2.45) is 5.92 Å². The SMILES string of the molecule is CC1(C)c2ccccc2SC2=CC=CCC21. The van der Waals surface area contributed by atoms with Gasteiger partial charge in [-0.25, -0.2) is 0 Å². The lowest BCUT2D eigenvalue weighted by Gasteiger charge is -2.42. The van der Waals surface area contributed by atoms with Crippen LogP contribution in [0.25, 0.3) is 0 Å². The van der Waals surface area contributed by atoms with Crippen molar-refractivity contribution in [1.29, 1.82) is 0 Å². The van der Waals surface area contributed by atoms with Gasteiger partial charge in [-0.1, -0.05) is 62.0 Å². The summed E-state index contributed by atoms with van der Waals surface area (Å²) >= 11 is 1.95. The van der Waals surface area contributed by atoms with E-state index in [9.17, 15) is 0 Å². The molecule has 0 N–H and O–H groups in total. The van der Waals surface area contributed by atoms with Gasteiger partial charge in [0.05, 0.1) is 0 Å². The Balaban J connectivity index is 2.17. The van der Waals surface area contributed by atoms with E-state index in [2.05, 4.69) is 56.3 Å². The molecule has 0 amide bonds. The highest BCUT2D eigenvalue weighted by Gasteiger charge is 2.39. The lowest BCUT2D eigenvalue weighted by atomic mass is 9.70. The van der Waals surface area contributed by atoms with Crippen LogP contribution in [0.15, 0.2) is 52.3 Å². The molecule has 0 saturated heterocycles. The Morgan fingerprint density at radius 2 is 2.06 bits per heavy atom. The summed E-state index contributed by atoms with van der Waals surface area (Å²) < 4.78 is 0. The molecule has 1 aliphatic heterocycles. The van der Waals surface area contributed by atoms with Crippen molar-refractivity contribution in [3.05, 3.63) is 53.0 Å². The van der Waals surface area contributed by atoms with Gasteiger partial charge >= 0.3 is 0 Å². The van der Waals surface area contributed by atoms with E-state index in [-0.39, 0.29) is 5.41 Å². The third kappa shape index (κ3) is 1.38. The molecule has 0 bridgehead atoms. The summed E-state index contributed by atoms with van der Waals surface area (Å²) in [4.78, 5) is 2.97. The van der Waals surface area contributed by atoms with E-state index in [1.165, 1.54) is 21.8 Å². The van der Waals surface area contributed by atoms with Gasteiger partial charge in [-0.3, -0.25) is 0 Å². The Bertz CT molecular complexity index is 480. The molecule has 1 heterocycles. The molecular formula is C15H16S. The van der Waals surface area contributed by atoms with Gasteiger partial charge in [0.2, 0.25) is 0 Å². The molecule has 3 rings (SSSR count). The molecule has 2 aliphatic rings. The predicted molar refractivity (Wildman–Crippen MR) is 70.7 cm³/mol. The van der Waals surface area contributed by atoms with Gasteiger partial charge in [-0.05, 0) is 28.4 Å². The minimum atomic E-state index is 0.262. The molecule has 1 aromatic carbocycles. The Kier molecular flexibility index (Phi) is 2.25. The Hall–Kier alpha value is -0.950. The number of fused-ring (bicyclic) bond motifs is 2. The van der Waals surface area contributed by atoms with E-state index in [1.54, 1.807) is 0 Å². The van der Waals surface area contributed by atoms with Crippen LogP contribution in [0.1, 0.15) is 25.8 Å². The second-order valence-corrected chi connectivity index (χ2v) is 6.22. The highest BCUT2D eigenvalue weighted by Crippen LogP contribution is 2.53. The molecule has 1 atom stereocenters. The maximum absolute atomic E-state index is 2.38. The van der Waals surface area contributed by atoms with Crippen LogP contribution >= 0.6 is 11.8 Å². The fraction of sp³-hybridized carbons (Fsp3) is 0.333. The van der Waals surface area contributed by atoms with Crippen LogP contribution in [0.4, 0.5) is 0 Å². The third-order valence-corrected chi connectivity index (χ3v) is 5.02. The summed E-state index contributed by atoms with van der Waals surface area (Å²) in [6, 6.07) is 8.84. The normalized spacial score (nSPS) is 25.6. The fourth-order valence-corrected chi connectivity index (χ4v) is 4.29. The van der Waals surface area contributed by atoms with E-state index >= 15 is 0 Å². The van der Waals surface area contributed by atoms with Crippen LogP contribution in [0.5, 0.6) is 0 Å². The zero-order valence-electron chi connectivity index (χ0n) is 9.73. The van der Waals surface area contributed by atoms with Crippen LogP contribution in [0.3, 0.4) is 0 Å². The van der Waals surface area contributed by atoms with E-state index in [4.69, 9.17) is 0 Å². The minimum Gasteiger partial charge on any atom is -0.0939 e. The van der Waals surface area contributed by atoms with Crippen molar-refractivity contribution in [1.82, 2.24) is 0 Å².